The third-order valence-electron chi connectivity index (χ3n) is 1.97. The van der Waals surface area contributed by atoms with Gasteiger partial charge in [-0.3, -0.25) is 0 Å². The number of aromatic carboxylic acids is 1. The van der Waals surface area contributed by atoms with Crippen molar-refractivity contribution in [3.63, 3.8) is 0 Å². The number of hydrogen-bond acceptors (Lipinski definition) is 5. The Hall–Kier alpha value is -1.76. The molecule has 1 N–H and O–H groups in total. The van der Waals surface area contributed by atoms with Crippen molar-refractivity contribution in [2.24, 2.45) is 0 Å². The molecule has 0 unspecified atom stereocenters. The number of carbonyl (C=O) groups is 1. The van der Waals surface area contributed by atoms with Gasteiger partial charge in [0.1, 0.15) is 0 Å². The van der Waals surface area contributed by atoms with E-state index in [-0.39, 0.29) is 5.69 Å². The molecule has 2 rings (SSSR count). The predicted molar refractivity (Wildman–Crippen MR) is 53.5 cm³/mol. The van der Waals surface area contributed by atoms with Gasteiger partial charge >= 0.3 is 5.97 Å². The van der Waals surface area contributed by atoms with Gasteiger partial charge in [0.15, 0.2) is 5.69 Å². The number of thiazole rings is 1. The highest BCUT2D eigenvalue weighted by molar-refractivity contribution is 7.14. The molecule has 0 saturated heterocycles. The van der Waals surface area contributed by atoms with E-state index in [1.165, 1.54) is 22.2 Å². The number of carboxylic acid groups (broad SMARTS) is 1. The average molecular weight is 224 g/mol. The molecule has 0 bridgehead atoms. The molecular weight excluding hydrogens is 216 g/mol. The van der Waals surface area contributed by atoms with Gasteiger partial charge in [0.2, 0.25) is 5.13 Å². The lowest BCUT2D eigenvalue weighted by Gasteiger charge is -1.95. The van der Waals surface area contributed by atoms with E-state index in [1.54, 1.807) is 0 Å². The predicted octanol–water partition coefficient (Wildman–Crippen LogP) is 1.04. The molecule has 6 nitrogen and oxygen atoms in total. The number of hydrogen-bond donors (Lipinski definition) is 1. The monoisotopic (exact) mass is 224 g/mol. The Morgan fingerprint density at radius 1 is 1.53 bits per heavy atom. The van der Waals surface area contributed by atoms with E-state index in [0.29, 0.717) is 5.13 Å². The highest BCUT2D eigenvalue weighted by atomic mass is 32.1. The number of nitrogens with zero attached hydrogens (tertiary/aromatic N) is 4. The zero-order chi connectivity index (χ0) is 11.0. The van der Waals surface area contributed by atoms with Crippen molar-refractivity contribution in [3.05, 3.63) is 22.5 Å². The van der Waals surface area contributed by atoms with Crippen LogP contribution in [0, 0.1) is 13.8 Å². The molecule has 78 valence electrons. The van der Waals surface area contributed by atoms with Crippen LogP contribution < -0.4 is 0 Å². The van der Waals surface area contributed by atoms with E-state index in [1.807, 2.05) is 13.8 Å². The number of rotatable bonds is 2. The molecule has 0 saturated carbocycles. The Bertz CT molecular complexity index is 497. The highest BCUT2D eigenvalue weighted by Crippen LogP contribution is 2.20. The second kappa shape index (κ2) is 3.43. The molecule has 0 radical (unpaired) electrons. The van der Waals surface area contributed by atoms with Gasteiger partial charge in [-0.2, -0.15) is 4.68 Å². The van der Waals surface area contributed by atoms with Crippen molar-refractivity contribution < 1.29 is 9.90 Å². The Morgan fingerprint density at radius 3 is 2.80 bits per heavy atom. The van der Waals surface area contributed by atoms with Gasteiger partial charge in [0.05, 0.1) is 11.9 Å². The SMILES string of the molecule is Cc1nc(-n2nncc2C(=O)O)sc1C. The van der Waals surface area contributed by atoms with Crippen LogP contribution in [-0.2, 0) is 0 Å². The van der Waals surface area contributed by atoms with Crippen molar-refractivity contribution in [1.29, 1.82) is 0 Å². The standard InChI is InChI=1S/C8H8N4O2S/c1-4-5(2)15-8(10-4)12-6(7(13)14)3-9-11-12/h3H,1-2H3,(H,13,14). The van der Waals surface area contributed by atoms with Gasteiger partial charge < -0.3 is 5.11 Å². The van der Waals surface area contributed by atoms with E-state index in [2.05, 4.69) is 15.3 Å². The lowest BCUT2D eigenvalue weighted by atomic mass is 10.4. The summed E-state index contributed by atoms with van der Waals surface area (Å²) in [6.45, 7) is 3.79. The van der Waals surface area contributed by atoms with Crippen molar-refractivity contribution in [2.45, 2.75) is 13.8 Å². The molecule has 0 spiro atoms. The summed E-state index contributed by atoms with van der Waals surface area (Å²) >= 11 is 1.39. The van der Waals surface area contributed by atoms with Gasteiger partial charge in [-0.15, -0.1) is 5.10 Å². The number of aryl methyl sites for hydroxylation is 2. The van der Waals surface area contributed by atoms with Crippen LogP contribution in [0.5, 0.6) is 0 Å². The van der Waals surface area contributed by atoms with E-state index < -0.39 is 5.97 Å². The maximum Gasteiger partial charge on any atom is 0.356 e. The van der Waals surface area contributed by atoms with Gasteiger partial charge in [0.25, 0.3) is 0 Å². The summed E-state index contributed by atoms with van der Waals surface area (Å²) < 4.78 is 1.23. The van der Waals surface area contributed by atoms with Crippen LogP contribution in [0.2, 0.25) is 0 Å². The molecule has 0 aromatic carbocycles. The largest absolute Gasteiger partial charge is 0.476 e. The molecule has 0 aliphatic carbocycles. The molecule has 0 aliphatic rings. The number of aromatic nitrogens is 4. The van der Waals surface area contributed by atoms with Crippen LogP contribution in [0.4, 0.5) is 0 Å². The molecule has 7 heteroatoms. The minimum atomic E-state index is -1.06. The molecule has 2 heterocycles. The van der Waals surface area contributed by atoms with Crippen molar-refractivity contribution >= 4 is 17.3 Å². The summed E-state index contributed by atoms with van der Waals surface area (Å²) in [5, 5.41) is 16.6. The Kier molecular flexibility index (Phi) is 2.24. The summed E-state index contributed by atoms with van der Waals surface area (Å²) in [7, 11) is 0. The topological polar surface area (TPSA) is 80.9 Å². The zero-order valence-corrected chi connectivity index (χ0v) is 8.95. The van der Waals surface area contributed by atoms with Gasteiger partial charge in [0, 0.05) is 4.88 Å². The maximum atomic E-state index is 10.8. The Labute approximate surface area is 89.2 Å². The minimum absolute atomic E-state index is 0.0174. The molecule has 0 aliphatic heterocycles. The number of carboxylic acids is 1. The molecule has 0 fully saturated rings. The van der Waals surface area contributed by atoms with Crippen LogP contribution >= 0.6 is 11.3 Å². The van der Waals surface area contributed by atoms with Gasteiger partial charge in [-0.1, -0.05) is 16.6 Å². The highest BCUT2D eigenvalue weighted by Gasteiger charge is 2.16. The first-order valence-electron chi connectivity index (χ1n) is 4.18. The van der Waals surface area contributed by atoms with Crippen LogP contribution in [0.25, 0.3) is 5.13 Å². The summed E-state index contributed by atoms with van der Waals surface area (Å²) in [6.07, 6.45) is 1.20. The fourth-order valence-corrected chi connectivity index (χ4v) is 1.94. The van der Waals surface area contributed by atoms with E-state index >= 15 is 0 Å². The zero-order valence-electron chi connectivity index (χ0n) is 8.13. The van der Waals surface area contributed by atoms with E-state index in [9.17, 15) is 4.79 Å². The normalized spacial score (nSPS) is 10.5. The fraction of sp³-hybridized carbons (Fsp3) is 0.250. The summed E-state index contributed by atoms with van der Waals surface area (Å²) in [5.74, 6) is -1.06. The molecule has 2 aromatic heterocycles. The first kappa shape index (κ1) is 9.78. The maximum absolute atomic E-state index is 10.8. The van der Waals surface area contributed by atoms with Crippen LogP contribution in [-0.4, -0.2) is 31.1 Å². The smallest absolute Gasteiger partial charge is 0.356 e. The lowest BCUT2D eigenvalue weighted by molar-refractivity contribution is 0.0687. The molecule has 0 atom stereocenters. The van der Waals surface area contributed by atoms with E-state index in [4.69, 9.17) is 5.11 Å². The second-order valence-corrected chi connectivity index (χ2v) is 4.16. The molecule has 0 amide bonds. The summed E-state index contributed by atoms with van der Waals surface area (Å²) in [5.41, 5.74) is 0.894. The van der Waals surface area contributed by atoms with Gasteiger partial charge in [-0.05, 0) is 13.8 Å². The lowest BCUT2D eigenvalue weighted by Crippen LogP contribution is -2.07. The van der Waals surface area contributed by atoms with Gasteiger partial charge in [-0.25, -0.2) is 9.78 Å². The summed E-state index contributed by atoms with van der Waals surface area (Å²) in [4.78, 5) is 16.1. The molecular formula is C8H8N4O2S. The van der Waals surface area contributed by atoms with Crippen LogP contribution in [0.15, 0.2) is 6.20 Å². The quantitative estimate of drug-likeness (QED) is 0.824. The van der Waals surface area contributed by atoms with Crippen LogP contribution in [0.3, 0.4) is 0 Å². The Balaban J connectivity index is 2.54. The fourth-order valence-electron chi connectivity index (χ4n) is 1.07. The molecule has 2 aromatic rings. The third kappa shape index (κ3) is 1.61. The van der Waals surface area contributed by atoms with Crippen molar-refractivity contribution in [3.8, 4) is 5.13 Å². The second-order valence-electron chi connectivity index (χ2n) is 2.97. The van der Waals surface area contributed by atoms with Crippen molar-refractivity contribution in [2.75, 3.05) is 0 Å². The minimum Gasteiger partial charge on any atom is -0.476 e. The summed E-state index contributed by atoms with van der Waals surface area (Å²) in [6, 6.07) is 0. The van der Waals surface area contributed by atoms with E-state index in [0.717, 1.165) is 10.6 Å². The third-order valence-corrected chi connectivity index (χ3v) is 3.02. The average Bonchev–Trinajstić information content (AvgIpc) is 2.73. The first-order valence-corrected chi connectivity index (χ1v) is 4.99. The Morgan fingerprint density at radius 2 is 2.27 bits per heavy atom. The van der Waals surface area contributed by atoms with Crippen LogP contribution in [0.1, 0.15) is 21.1 Å². The first-order chi connectivity index (χ1) is 7.09. The molecule has 15 heavy (non-hydrogen) atoms. The van der Waals surface area contributed by atoms with Crippen molar-refractivity contribution in [1.82, 2.24) is 20.0 Å².